The van der Waals surface area contributed by atoms with Crippen molar-refractivity contribution in [1.29, 1.82) is 0 Å². The molecule has 1 aromatic carbocycles. The van der Waals surface area contributed by atoms with Crippen molar-refractivity contribution >= 4 is 11.9 Å². The van der Waals surface area contributed by atoms with Crippen molar-refractivity contribution in [1.82, 2.24) is 4.90 Å². The van der Waals surface area contributed by atoms with Crippen LogP contribution in [-0.4, -0.2) is 36.5 Å². The predicted octanol–water partition coefficient (Wildman–Crippen LogP) is 5.85. The molecule has 2 rings (SSSR count). The number of benzene rings is 1. The minimum Gasteiger partial charge on any atom is -0.465 e. The van der Waals surface area contributed by atoms with E-state index in [1.54, 1.807) is 0 Å². The van der Waals surface area contributed by atoms with E-state index in [9.17, 15) is 22.8 Å². The Morgan fingerprint density at radius 2 is 1.67 bits per heavy atom. The van der Waals surface area contributed by atoms with Gasteiger partial charge in [-0.1, -0.05) is 51.5 Å². The first-order valence-corrected chi connectivity index (χ1v) is 11.0. The van der Waals surface area contributed by atoms with Crippen LogP contribution in [0.15, 0.2) is 24.3 Å². The summed E-state index contributed by atoms with van der Waals surface area (Å²) in [6.45, 7) is 3.29. The van der Waals surface area contributed by atoms with Crippen LogP contribution in [0.25, 0.3) is 0 Å². The average Bonchev–Trinajstić information content (AvgIpc) is 2.74. The van der Waals surface area contributed by atoms with Crippen molar-refractivity contribution in [3.8, 4) is 0 Å². The molecule has 1 aliphatic rings. The first-order chi connectivity index (χ1) is 14.3. The molecule has 0 bridgehead atoms. The molecule has 0 radical (unpaired) electrons. The van der Waals surface area contributed by atoms with Gasteiger partial charge < -0.3 is 9.64 Å². The second-order valence-electron chi connectivity index (χ2n) is 7.93. The lowest BCUT2D eigenvalue weighted by Crippen LogP contribution is -2.40. The second kappa shape index (κ2) is 12.0. The highest BCUT2D eigenvalue weighted by Gasteiger charge is 2.32. The molecule has 7 heteroatoms. The van der Waals surface area contributed by atoms with Crippen LogP contribution in [0.1, 0.15) is 80.6 Å². The van der Waals surface area contributed by atoms with Crippen LogP contribution < -0.4 is 0 Å². The summed E-state index contributed by atoms with van der Waals surface area (Å²) in [5, 5.41) is 0. The molecule has 1 amide bonds. The molecular weight excluding hydrogens is 395 g/mol. The van der Waals surface area contributed by atoms with E-state index in [0.717, 1.165) is 31.4 Å². The van der Waals surface area contributed by atoms with Crippen molar-refractivity contribution in [3.05, 3.63) is 35.4 Å². The fraction of sp³-hybridized carbons (Fsp3) is 0.652. The van der Waals surface area contributed by atoms with Crippen molar-refractivity contribution in [2.75, 3.05) is 19.7 Å². The highest BCUT2D eigenvalue weighted by molar-refractivity contribution is 5.94. The number of ether oxygens (including phenoxy) is 1. The van der Waals surface area contributed by atoms with Crippen LogP contribution in [-0.2, 0) is 15.7 Å². The lowest BCUT2D eigenvalue weighted by atomic mass is 9.96. The number of rotatable bonds is 10. The normalized spacial score (nSPS) is 15.3. The number of amides is 1. The van der Waals surface area contributed by atoms with Gasteiger partial charge in [0.1, 0.15) is 0 Å². The molecule has 1 fully saturated rings. The molecule has 0 spiro atoms. The summed E-state index contributed by atoms with van der Waals surface area (Å²) in [5.74, 6) is -0.914. The lowest BCUT2D eigenvalue weighted by molar-refractivity contribution is -0.150. The lowest BCUT2D eigenvalue weighted by Gasteiger charge is -2.31. The van der Waals surface area contributed by atoms with E-state index in [1.165, 1.54) is 42.7 Å². The van der Waals surface area contributed by atoms with Gasteiger partial charge in [-0.2, -0.15) is 13.2 Å². The van der Waals surface area contributed by atoms with Crippen LogP contribution in [0.4, 0.5) is 13.2 Å². The standard InChI is InChI=1S/C23H32F3NO3/c1-2-3-4-5-6-7-8-16-30-22(29)18-12-14-27(15-13-18)21(28)19-10-9-11-20(17-19)23(24,25)26/h9-11,17-18H,2-8,12-16H2,1H3. The van der Waals surface area contributed by atoms with Gasteiger partial charge in [0.2, 0.25) is 0 Å². The Bertz CT molecular complexity index is 683. The average molecular weight is 428 g/mol. The number of carbonyl (C=O) groups is 2. The summed E-state index contributed by atoms with van der Waals surface area (Å²) in [6.07, 6.45) is 4.52. The van der Waals surface area contributed by atoms with Crippen molar-refractivity contribution < 1.29 is 27.5 Å². The molecule has 1 aromatic rings. The minimum absolute atomic E-state index is 0.0183. The Morgan fingerprint density at radius 1 is 1.03 bits per heavy atom. The quantitative estimate of drug-likeness (QED) is 0.347. The fourth-order valence-electron chi connectivity index (χ4n) is 3.68. The third kappa shape index (κ3) is 7.65. The summed E-state index contributed by atoms with van der Waals surface area (Å²) in [7, 11) is 0. The number of halogens is 3. The topological polar surface area (TPSA) is 46.6 Å². The maximum Gasteiger partial charge on any atom is 0.416 e. The van der Waals surface area contributed by atoms with Gasteiger partial charge in [0, 0.05) is 18.7 Å². The number of nitrogens with zero attached hydrogens (tertiary/aromatic N) is 1. The number of unbranched alkanes of at least 4 members (excludes halogenated alkanes) is 6. The monoisotopic (exact) mass is 427 g/mol. The van der Waals surface area contributed by atoms with Crippen molar-refractivity contribution in [2.24, 2.45) is 5.92 Å². The number of hydrogen-bond donors (Lipinski definition) is 0. The predicted molar refractivity (Wildman–Crippen MR) is 109 cm³/mol. The van der Waals surface area contributed by atoms with E-state index >= 15 is 0 Å². The van der Waals surface area contributed by atoms with Crippen LogP contribution >= 0.6 is 0 Å². The number of carbonyl (C=O) groups excluding carboxylic acids is 2. The second-order valence-corrected chi connectivity index (χ2v) is 7.93. The molecule has 168 valence electrons. The van der Waals surface area contributed by atoms with E-state index in [0.29, 0.717) is 32.5 Å². The molecule has 0 N–H and O–H groups in total. The zero-order valence-corrected chi connectivity index (χ0v) is 17.7. The Morgan fingerprint density at radius 3 is 2.30 bits per heavy atom. The van der Waals surface area contributed by atoms with Gasteiger partial charge in [0.05, 0.1) is 18.1 Å². The third-order valence-electron chi connectivity index (χ3n) is 5.54. The number of hydrogen-bond acceptors (Lipinski definition) is 3. The first-order valence-electron chi connectivity index (χ1n) is 11.0. The zero-order valence-electron chi connectivity index (χ0n) is 17.7. The molecule has 4 nitrogen and oxygen atoms in total. The van der Waals surface area contributed by atoms with Crippen molar-refractivity contribution in [3.63, 3.8) is 0 Å². The number of likely N-dealkylation sites (tertiary alicyclic amines) is 1. The zero-order chi connectivity index (χ0) is 22.0. The van der Waals surface area contributed by atoms with Crippen molar-refractivity contribution in [2.45, 2.75) is 70.9 Å². The Hall–Kier alpha value is -2.05. The largest absolute Gasteiger partial charge is 0.465 e. The number of esters is 1. The summed E-state index contributed by atoms with van der Waals surface area (Å²) in [4.78, 5) is 26.3. The number of alkyl halides is 3. The van der Waals surface area contributed by atoms with Crippen LogP contribution in [0, 0.1) is 5.92 Å². The van der Waals surface area contributed by atoms with Gasteiger partial charge in [-0.25, -0.2) is 0 Å². The molecule has 1 heterocycles. The van der Waals surface area contributed by atoms with E-state index in [4.69, 9.17) is 4.74 Å². The van der Waals surface area contributed by atoms with Gasteiger partial charge in [0.15, 0.2) is 0 Å². The molecule has 0 saturated carbocycles. The molecule has 1 aliphatic heterocycles. The summed E-state index contributed by atoms with van der Waals surface area (Å²) in [6, 6.07) is 4.46. The van der Waals surface area contributed by atoms with Gasteiger partial charge >= 0.3 is 12.1 Å². The summed E-state index contributed by atoms with van der Waals surface area (Å²) in [5.41, 5.74) is -0.818. The van der Waals surface area contributed by atoms with Crippen LogP contribution in [0.5, 0.6) is 0 Å². The van der Waals surface area contributed by atoms with Gasteiger partial charge in [-0.3, -0.25) is 9.59 Å². The maximum atomic E-state index is 12.9. The molecule has 0 unspecified atom stereocenters. The number of piperidine rings is 1. The molecule has 0 atom stereocenters. The highest BCUT2D eigenvalue weighted by atomic mass is 19.4. The molecule has 30 heavy (non-hydrogen) atoms. The Labute approximate surface area is 176 Å². The minimum atomic E-state index is -4.48. The summed E-state index contributed by atoms with van der Waals surface area (Å²) < 4.78 is 43.9. The Kier molecular flexibility index (Phi) is 9.66. The van der Waals surface area contributed by atoms with Gasteiger partial charge in [-0.15, -0.1) is 0 Å². The first kappa shape index (κ1) is 24.2. The Balaban J connectivity index is 1.70. The molecular formula is C23H32F3NO3. The van der Waals surface area contributed by atoms with E-state index in [1.807, 2.05) is 0 Å². The smallest absolute Gasteiger partial charge is 0.416 e. The highest BCUT2D eigenvalue weighted by Crippen LogP contribution is 2.30. The molecule has 1 saturated heterocycles. The third-order valence-corrected chi connectivity index (χ3v) is 5.54. The van der Waals surface area contributed by atoms with Gasteiger partial charge in [0.25, 0.3) is 5.91 Å². The summed E-state index contributed by atoms with van der Waals surface area (Å²) >= 11 is 0. The molecule has 0 aliphatic carbocycles. The van der Waals surface area contributed by atoms with Crippen LogP contribution in [0.2, 0.25) is 0 Å². The van der Waals surface area contributed by atoms with Gasteiger partial charge in [-0.05, 0) is 37.5 Å². The SMILES string of the molecule is CCCCCCCCCOC(=O)C1CCN(C(=O)c2cccc(C(F)(F)F)c2)CC1. The maximum absolute atomic E-state index is 12.9. The van der Waals surface area contributed by atoms with E-state index < -0.39 is 17.6 Å². The fourth-order valence-corrected chi connectivity index (χ4v) is 3.68. The molecule has 0 aromatic heterocycles. The van der Waals surface area contributed by atoms with Crippen LogP contribution in [0.3, 0.4) is 0 Å². The van der Waals surface area contributed by atoms with E-state index in [2.05, 4.69) is 6.92 Å². The van der Waals surface area contributed by atoms with E-state index in [-0.39, 0.29) is 17.5 Å².